The number of rotatable bonds is 8. The number of aliphatic carboxylic acids is 1. The lowest BCUT2D eigenvalue weighted by molar-refractivity contribution is -0.139. The summed E-state index contributed by atoms with van der Waals surface area (Å²) in [6.07, 6.45) is 5.42. The zero-order valence-electron chi connectivity index (χ0n) is 14.3. The fourth-order valence-electron chi connectivity index (χ4n) is 3.33. The van der Waals surface area contributed by atoms with E-state index in [1.165, 1.54) is 19.1 Å². The third-order valence-corrected chi connectivity index (χ3v) is 5.00. The van der Waals surface area contributed by atoms with Crippen molar-refractivity contribution in [2.45, 2.75) is 37.8 Å². The lowest BCUT2D eigenvalue weighted by Gasteiger charge is -2.42. The van der Waals surface area contributed by atoms with E-state index in [4.69, 9.17) is 14.0 Å². The van der Waals surface area contributed by atoms with Crippen molar-refractivity contribution in [3.63, 3.8) is 0 Å². The lowest BCUT2D eigenvalue weighted by Crippen LogP contribution is -2.55. The number of nitrogens with one attached hydrogen (secondary N) is 1. The summed E-state index contributed by atoms with van der Waals surface area (Å²) >= 11 is 0. The van der Waals surface area contributed by atoms with Crippen LogP contribution in [0.15, 0.2) is 33.4 Å². The maximum Gasteiger partial charge on any atom is 0.317 e. The standard InChI is InChI=1S/C18H21N3O5/c22-17(23)10-21(9-11-3-4-11)13-6-12(7-13)19-18(24)14-8-16(26-20-14)15-2-1-5-25-15/h1-2,5,8,11-13H,3-4,6-7,9-10H2,(H,19,24)(H,22,23). The van der Waals surface area contributed by atoms with E-state index in [1.807, 2.05) is 4.90 Å². The van der Waals surface area contributed by atoms with E-state index in [-0.39, 0.29) is 30.2 Å². The molecule has 0 saturated heterocycles. The Balaban J connectivity index is 1.29. The summed E-state index contributed by atoms with van der Waals surface area (Å²) < 4.78 is 10.4. The Morgan fingerprint density at radius 1 is 1.31 bits per heavy atom. The Labute approximate surface area is 150 Å². The van der Waals surface area contributed by atoms with Gasteiger partial charge in [0.25, 0.3) is 5.91 Å². The predicted molar refractivity (Wildman–Crippen MR) is 90.4 cm³/mol. The summed E-state index contributed by atoms with van der Waals surface area (Å²) in [5.74, 6) is 0.472. The highest BCUT2D eigenvalue weighted by molar-refractivity contribution is 5.93. The highest BCUT2D eigenvalue weighted by Gasteiger charge is 2.38. The summed E-state index contributed by atoms with van der Waals surface area (Å²) in [6.45, 7) is 0.908. The second kappa shape index (κ2) is 6.95. The molecule has 2 fully saturated rings. The molecule has 2 saturated carbocycles. The van der Waals surface area contributed by atoms with Crippen molar-refractivity contribution in [2.24, 2.45) is 5.92 Å². The van der Waals surface area contributed by atoms with E-state index >= 15 is 0 Å². The molecule has 2 heterocycles. The van der Waals surface area contributed by atoms with E-state index in [1.54, 1.807) is 18.2 Å². The van der Waals surface area contributed by atoms with Crippen molar-refractivity contribution in [1.29, 1.82) is 0 Å². The van der Waals surface area contributed by atoms with E-state index in [0.717, 1.165) is 19.4 Å². The molecule has 8 heteroatoms. The summed E-state index contributed by atoms with van der Waals surface area (Å²) in [7, 11) is 0. The Hall–Kier alpha value is -2.61. The molecule has 0 aliphatic heterocycles. The van der Waals surface area contributed by atoms with Crippen LogP contribution in [0.3, 0.4) is 0 Å². The van der Waals surface area contributed by atoms with Gasteiger partial charge in [0.1, 0.15) is 0 Å². The molecule has 2 N–H and O–H groups in total. The SMILES string of the molecule is O=C(O)CN(CC1CC1)C1CC(NC(=O)c2cc(-c3ccco3)on2)C1. The third-order valence-electron chi connectivity index (χ3n) is 5.00. The molecule has 2 aromatic rings. The van der Waals surface area contributed by atoms with Crippen LogP contribution in [0.5, 0.6) is 0 Å². The van der Waals surface area contributed by atoms with E-state index < -0.39 is 5.97 Å². The topological polar surface area (TPSA) is 109 Å². The number of carboxylic acids is 1. The number of carbonyl (C=O) groups is 2. The van der Waals surface area contributed by atoms with Gasteiger partial charge in [-0.3, -0.25) is 14.5 Å². The van der Waals surface area contributed by atoms with Gasteiger partial charge in [-0.25, -0.2) is 0 Å². The van der Waals surface area contributed by atoms with Crippen LogP contribution in [0.25, 0.3) is 11.5 Å². The monoisotopic (exact) mass is 359 g/mol. The highest BCUT2D eigenvalue weighted by Crippen LogP contribution is 2.33. The molecule has 2 aliphatic carbocycles. The maximum atomic E-state index is 12.3. The van der Waals surface area contributed by atoms with Crippen LogP contribution in [0.2, 0.25) is 0 Å². The first-order chi connectivity index (χ1) is 12.6. The number of carboxylic acid groups (broad SMARTS) is 1. The molecule has 26 heavy (non-hydrogen) atoms. The molecular weight excluding hydrogens is 338 g/mol. The first-order valence-corrected chi connectivity index (χ1v) is 8.86. The van der Waals surface area contributed by atoms with Gasteiger partial charge in [-0.15, -0.1) is 0 Å². The second-order valence-electron chi connectivity index (χ2n) is 7.12. The molecule has 4 rings (SSSR count). The zero-order valence-corrected chi connectivity index (χ0v) is 14.3. The van der Waals surface area contributed by atoms with Gasteiger partial charge in [0.15, 0.2) is 11.5 Å². The van der Waals surface area contributed by atoms with Crippen molar-refractivity contribution < 1.29 is 23.6 Å². The molecule has 2 aliphatic rings. The fourth-order valence-corrected chi connectivity index (χ4v) is 3.33. The average molecular weight is 359 g/mol. The fraction of sp³-hybridized carbons (Fsp3) is 0.500. The van der Waals surface area contributed by atoms with Gasteiger partial charge in [-0.05, 0) is 43.7 Å². The normalized spacial score (nSPS) is 22.2. The molecule has 2 aromatic heterocycles. The van der Waals surface area contributed by atoms with Crippen LogP contribution in [-0.4, -0.2) is 52.2 Å². The average Bonchev–Trinajstić information content (AvgIpc) is 3.03. The van der Waals surface area contributed by atoms with Gasteiger partial charge in [-0.2, -0.15) is 0 Å². The van der Waals surface area contributed by atoms with Crippen LogP contribution in [-0.2, 0) is 4.79 Å². The van der Waals surface area contributed by atoms with Crippen molar-refractivity contribution in [3.05, 3.63) is 30.2 Å². The summed E-state index contributed by atoms with van der Waals surface area (Å²) in [4.78, 5) is 25.4. The number of nitrogens with zero attached hydrogens (tertiary/aromatic N) is 2. The number of hydrogen-bond donors (Lipinski definition) is 2. The van der Waals surface area contributed by atoms with Crippen LogP contribution >= 0.6 is 0 Å². The van der Waals surface area contributed by atoms with Crippen LogP contribution < -0.4 is 5.32 Å². The number of amides is 1. The molecule has 0 aromatic carbocycles. The number of aromatic nitrogens is 1. The van der Waals surface area contributed by atoms with Crippen molar-refractivity contribution >= 4 is 11.9 Å². The zero-order chi connectivity index (χ0) is 18.1. The van der Waals surface area contributed by atoms with Gasteiger partial charge >= 0.3 is 5.97 Å². The molecular formula is C18H21N3O5. The van der Waals surface area contributed by atoms with E-state index in [2.05, 4.69) is 10.5 Å². The number of furan rings is 1. The van der Waals surface area contributed by atoms with Crippen molar-refractivity contribution in [1.82, 2.24) is 15.4 Å². The van der Waals surface area contributed by atoms with E-state index in [9.17, 15) is 9.59 Å². The number of carbonyl (C=O) groups excluding carboxylic acids is 1. The van der Waals surface area contributed by atoms with E-state index in [0.29, 0.717) is 17.4 Å². The van der Waals surface area contributed by atoms with Gasteiger partial charge in [0.05, 0.1) is 12.8 Å². The first kappa shape index (κ1) is 16.8. The minimum absolute atomic E-state index is 0.0340. The second-order valence-corrected chi connectivity index (χ2v) is 7.12. The summed E-state index contributed by atoms with van der Waals surface area (Å²) in [5.41, 5.74) is 0.209. The smallest absolute Gasteiger partial charge is 0.317 e. The quantitative estimate of drug-likeness (QED) is 0.742. The largest absolute Gasteiger partial charge is 0.480 e. The lowest BCUT2D eigenvalue weighted by atomic mass is 9.85. The molecule has 0 unspecified atom stereocenters. The molecule has 1 amide bonds. The Morgan fingerprint density at radius 2 is 2.12 bits per heavy atom. The summed E-state index contributed by atoms with van der Waals surface area (Å²) in [6, 6.07) is 5.26. The minimum Gasteiger partial charge on any atom is -0.480 e. The molecule has 0 spiro atoms. The van der Waals surface area contributed by atoms with Gasteiger partial charge in [0, 0.05) is 24.7 Å². The Kier molecular flexibility index (Phi) is 4.50. The Bertz CT molecular complexity index is 775. The predicted octanol–water partition coefficient (Wildman–Crippen LogP) is 1.99. The van der Waals surface area contributed by atoms with Crippen molar-refractivity contribution in [2.75, 3.05) is 13.1 Å². The van der Waals surface area contributed by atoms with Gasteiger partial charge in [0.2, 0.25) is 5.76 Å². The van der Waals surface area contributed by atoms with Crippen LogP contribution in [0.1, 0.15) is 36.2 Å². The van der Waals surface area contributed by atoms with Gasteiger partial charge in [-0.1, -0.05) is 5.16 Å². The van der Waals surface area contributed by atoms with Crippen LogP contribution in [0.4, 0.5) is 0 Å². The summed E-state index contributed by atoms with van der Waals surface area (Å²) in [5, 5.41) is 15.8. The maximum absolute atomic E-state index is 12.3. The number of hydrogen-bond acceptors (Lipinski definition) is 6. The van der Waals surface area contributed by atoms with Crippen LogP contribution in [0, 0.1) is 5.92 Å². The van der Waals surface area contributed by atoms with Gasteiger partial charge < -0.3 is 19.4 Å². The molecule has 8 nitrogen and oxygen atoms in total. The first-order valence-electron chi connectivity index (χ1n) is 8.86. The molecule has 0 bridgehead atoms. The Morgan fingerprint density at radius 3 is 2.77 bits per heavy atom. The van der Waals surface area contributed by atoms with Crippen molar-refractivity contribution in [3.8, 4) is 11.5 Å². The highest BCUT2D eigenvalue weighted by atomic mass is 16.5. The third kappa shape index (κ3) is 3.80. The molecule has 0 atom stereocenters. The minimum atomic E-state index is -0.800. The molecule has 138 valence electrons. The molecule has 0 radical (unpaired) electrons.